The fourth-order valence-corrected chi connectivity index (χ4v) is 2.67. The first-order valence-corrected chi connectivity index (χ1v) is 8.75. The van der Waals surface area contributed by atoms with E-state index in [0.29, 0.717) is 23.9 Å². The molecule has 0 aromatic heterocycles. The van der Waals surface area contributed by atoms with E-state index in [1.807, 2.05) is 24.3 Å². The predicted molar refractivity (Wildman–Crippen MR) is 100.0 cm³/mol. The van der Waals surface area contributed by atoms with E-state index in [1.165, 1.54) is 0 Å². The standard InChI is InChI=1S/C19H23Cl2NO2/c1-14(2)22(11-15-5-3-4-6-19(15)21)12-17(23)13-24-18-9-7-16(20)8-10-18/h3-10,14,17,23H,11-13H2,1-2H3/t17-/m0/s1. The van der Waals surface area contributed by atoms with Crippen molar-refractivity contribution in [3.05, 3.63) is 64.1 Å². The Balaban J connectivity index is 1.89. The summed E-state index contributed by atoms with van der Waals surface area (Å²) >= 11 is 12.1. The van der Waals surface area contributed by atoms with Crippen LogP contribution in [0.1, 0.15) is 19.4 Å². The minimum absolute atomic E-state index is 0.230. The normalized spacial score (nSPS) is 12.6. The van der Waals surface area contributed by atoms with E-state index in [9.17, 15) is 5.11 Å². The van der Waals surface area contributed by atoms with Gasteiger partial charge in [0.1, 0.15) is 18.5 Å². The van der Waals surface area contributed by atoms with E-state index >= 15 is 0 Å². The molecule has 0 saturated carbocycles. The Hall–Kier alpha value is -1.26. The Morgan fingerprint density at radius 2 is 1.71 bits per heavy atom. The quantitative estimate of drug-likeness (QED) is 0.737. The summed E-state index contributed by atoms with van der Waals surface area (Å²) in [6, 6.07) is 15.2. The second kappa shape index (κ2) is 9.28. The highest BCUT2D eigenvalue weighted by atomic mass is 35.5. The molecule has 3 nitrogen and oxygen atoms in total. The van der Waals surface area contributed by atoms with Gasteiger partial charge < -0.3 is 9.84 Å². The van der Waals surface area contributed by atoms with Gasteiger partial charge in [-0.25, -0.2) is 0 Å². The van der Waals surface area contributed by atoms with Crippen molar-refractivity contribution < 1.29 is 9.84 Å². The van der Waals surface area contributed by atoms with Crippen molar-refractivity contribution in [3.8, 4) is 5.75 Å². The molecule has 0 aliphatic rings. The van der Waals surface area contributed by atoms with E-state index in [0.717, 1.165) is 10.6 Å². The summed E-state index contributed by atoms with van der Waals surface area (Å²) < 4.78 is 5.62. The zero-order valence-corrected chi connectivity index (χ0v) is 15.5. The first-order chi connectivity index (χ1) is 11.5. The minimum Gasteiger partial charge on any atom is -0.491 e. The molecular weight excluding hydrogens is 345 g/mol. The number of aliphatic hydroxyl groups excluding tert-OH is 1. The number of ether oxygens (including phenoxy) is 1. The molecule has 0 radical (unpaired) electrons. The molecule has 0 saturated heterocycles. The largest absolute Gasteiger partial charge is 0.491 e. The van der Waals surface area contributed by atoms with Crippen LogP contribution >= 0.6 is 23.2 Å². The molecule has 24 heavy (non-hydrogen) atoms. The summed E-state index contributed by atoms with van der Waals surface area (Å²) in [6.45, 7) is 5.63. The highest BCUT2D eigenvalue weighted by Crippen LogP contribution is 2.19. The number of hydrogen-bond acceptors (Lipinski definition) is 3. The lowest BCUT2D eigenvalue weighted by atomic mass is 10.1. The van der Waals surface area contributed by atoms with Crippen LogP contribution in [0.5, 0.6) is 5.75 Å². The third kappa shape index (κ3) is 5.99. The third-order valence-corrected chi connectivity index (χ3v) is 4.38. The molecule has 0 amide bonds. The number of halogens is 2. The van der Waals surface area contributed by atoms with E-state index in [-0.39, 0.29) is 12.6 Å². The first-order valence-electron chi connectivity index (χ1n) is 7.99. The summed E-state index contributed by atoms with van der Waals surface area (Å²) in [7, 11) is 0. The van der Waals surface area contributed by atoms with Gasteiger partial charge in [-0.2, -0.15) is 0 Å². The number of benzene rings is 2. The van der Waals surface area contributed by atoms with E-state index < -0.39 is 6.10 Å². The van der Waals surface area contributed by atoms with Crippen LogP contribution in [-0.2, 0) is 6.54 Å². The Labute approximate surface area is 153 Å². The number of nitrogens with zero attached hydrogens (tertiary/aromatic N) is 1. The third-order valence-electron chi connectivity index (χ3n) is 3.76. The highest BCUT2D eigenvalue weighted by Gasteiger charge is 2.17. The van der Waals surface area contributed by atoms with Gasteiger partial charge in [0.2, 0.25) is 0 Å². The molecule has 2 rings (SSSR count). The second-order valence-electron chi connectivity index (χ2n) is 6.03. The average Bonchev–Trinajstić information content (AvgIpc) is 2.55. The molecule has 2 aromatic rings. The van der Waals surface area contributed by atoms with Gasteiger partial charge in [-0.3, -0.25) is 4.90 Å². The maximum Gasteiger partial charge on any atom is 0.119 e. The van der Waals surface area contributed by atoms with Gasteiger partial charge in [-0.05, 0) is 49.7 Å². The van der Waals surface area contributed by atoms with Crippen LogP contribution in [0, 0.1) is 0 Å². The van der Waals surface area contributed by atoms with Gasteiger partial charge in [0.25, 0.3) is 0 Å². The lowest BCUT2D eigenvalue weighted by Crippen LogP contribution is -2.39. The molecule has 0 unspecified atom stereocenters. The molecule has 5 heteroatoms. The maximum absolute atomic E-state index is 10.3. The molecule has 0 fully saturated rings. The van der Waals surface area contributed by atoms with Crippen LogP contribution < -0.4 is 4.74 Å². The number of rotatable bonds is 8. The molecule has 2 aromatic carbocycles. The molecule has 130 valence electrons. The zero-order valence-electron chi connectivity index (χ0n) is 14.0. The van der Waals surface area contributed by atoms with Gasteiger partial charge >= 0.3 is 0 Å². The zero-order chi connectivity index (χ0) is 17.5. The van der Waals surface area contributed by atoms with Crippen LogP contribution in [0.2, 0.25) is 10.0 Å². The Morgan fingerprint density at radius 3 is 2.33 bits per heavy atom. The Morgan fingerprint density at radius 1 is 1.04 bits per heavy atom. The van der Waals surface area contributed by atoms with Crippen LogP contribution in [0.25, 0.3) is 0 Å². The van der Waals surface area contributed by atoms with Gasteiger partial charge in [-0.15, -0.1) is 0 Å². The first kappa shape index (κ1) is 19.1. The summed E-state index contributed by atoms with van der Waals surface area (Å²) in [5.41, 5.74) is 1.05. The van der Waals surface area contributed by atoms with Crippen LogP contribution in [0.4, 0.5) is 0 Å². The molecule has 0 aliphatic heterocycles. The number of hydrogen-bond donors (Lipinski definition) is 1. The number of aliphatic hydroxyl groups is 1. The minimum atomic E-state index is -0.592. The monoisotopic (exact) mass is 367 g/mol. The molecule has 1 atom stereocenters. The summed E-state index contributed by atoms with van der Waals surface area (Å²) in [5.74, 6) is 0.695. The van der Waals surface area contributed by atoms with Crippen molar-refractivity contribution in [1.82, 2.24) is 4.90 Å². The molecule has 1 N–H and O–H groups in total. The summed E-state index contributed by atoms with van der Waals surface area (Å²) in [5, 5.41) is 11.7. The fourth-order valence-electron chi connectivity index (χ4n) is 2.35. The van der Waals surface area contributed by atoms with Crippen molar-refractivity contribution >= 4 is 23.2 Å². The second-order valence-corrected chi connectivity index (χ2v) is 6.88. The Bertz CT molecular complexity index is 632. The molecular formula is C19H23Cl2NO2. The fraction of sp³-hybridized carbons (Fsp3) is 0.368. The molecule has 0 heterocycles. The molecule has 0 spiro atoms. The lowest BCUT2D eigenvalue weighted by molar-refractivity contribution is 0.0543. The predicted octanol–water partition coefficient (Wildman–Crippen LogP) is 4.64. The van der Waals surface area contributed by atoms with Gasteiger partial charge in [0.15, 0.2) is 0 Å². The smallest absolute Gasteiger partial charge is 0.119 e. The van der Waals surface area contributed by atoms with Crippen molar-refractivity contribution in [3.63, 3.8) is 0 Å². The van der Waals surface area contributed by atoms with Crippen LogP contribution in [-0.4, -0.2) is 35.3 Å². The molecule has 0 bridgehead atoms. The van der Waals surface area contributed by atoms with Gasteiger partial charge in [-0.1, -0.05) is 41.4 Å². The van der Waals surface area contributed by atoms with Crippen LogP contribution in [0.3, 0.4) is 0 Å². The van der Waals surface area contributed by atoms with E-state index in [2.05, 4.69) is 18.7 Å². The topological polar surface area (TPSA) is 32.7 Å². The van der Waals surface area contributed by atoms with Crippen molar-refractivity contribution in [1.29, 1.82) is 0 Å². The van der Waals surface area contributed by atoms with Crippen LogP contribution in [0.15, 0.2) is 48.5 Å². The lowest BCUT2D eigenvalue weighted by Gasteiger charge is -2.29. The van der Waals surface area contributed by atoms with Gasteiger partial charge in [0.05, 0.1) is 0 Å². The van der Waals surface area contributed by atoms with Crippen molar-refractivity contribution in [2.75, 3.05) is 13.2 Å². The molecule has 0 aliphatic carbocycles. The summed E-state index contributed by atoms with van der Waals surface area (Å²) in [4.78, 5) is 2.18. The van der Waals surface area contributed by atoms with Crippen molar-refractivity contribution in [2.45, 2.75) is 32.5 Å². The average molecular weight is 368 g/mol. The maximum atomic E-state index is 10.3. The highest BCUT2D eigenvalue weighted by molar-refractivity contribution is 6.31. The van der Waals surface area contributed by atoms with Crippen molar-refractivity contribution in [2.24, 2.45) is 0 Å². The van der Waals surface area contributed by atoms with E-state index in [1.54, 1.807) is 24.3 Å². The SMILES string of the molecule is CC(C)N(Cc1ccccc1Cl)C[C@H](O)COc1ccc(Cl)cc1. The van der Waals surface area contributed by atoms with Gasteiger partial charge in [0, 0.05) is 29.2 Å². The summed E-state index contributed by atoms with van der Waals surface area (Å²) in [6.07, 6.45) is -0.592. The van der Waals surface area contributed by atoms with E-state index in [4.69, 9.17) is 27.9 Å². The Kier molecular flexibility index (Phi) is 7.38.